The predicted molar refractivity (Wildman–Crippen MR) is 189 cm³/mol. The van der Waals surface area contributed by atoms with Gasteiger partial charge in [0.1, 0.15) is 24.4 Å². The van der Waals surface area contributed by atoms with E-state index < -0.39 is 49.5 Å². The zero-order valence-electron chi connectivity index (χ0n) is 30.0. The number of nitrogens with one attached hydrogen (secondary N) is 1. The van der Waals surface area contributed by atoms with E-state index in [9.17, 15) is 30.3 Å². The Balaban J connectivity index is 2.11. The summed E-state index contributed by atoms with van der Waals surface area (Å²) in [4.78, 5) is 12.3. The van der Waals surface area contributed by atoms with E-state index >= 15 is 0 Å². The van der Waals surface area contributed by atoms with E-state index in [1.54, 1.807) is 6.08 Å². The van der Waals surface area contributed by atoms with Crippen LogP contribution in [0.5, 0.6) is 0 Å². The van der Waals surface area contributed by atoms with Crippen LogP contribution >= 0.6 is 0 Å². The lowest BCUT2D eigenvalue weighted by atomic mass is 9.99. The van der Waals surface area contributed by atoms with Crippen molar-refractivity contribution in [1.82, 2.24) is 5.32 Å². The van der Waals surface area contributed by atoms with Crippen LogP contribution < -0.4 is 5.32 Å². The van der Waals surface area contributed by atoms with Crippen LogP contribution in [-0.4, -0.2) is 87.5 Å². The molecule has 0 radical (unpaired) electrons. The summed E-state index contributed by atoms with van der Waals surface area (Å²) in [5.74, 6) is -0.230. The van der Waals surface area contributed by atoms with E-state index in [0.717, 1.165) is 19.3 Å². The summed E-state index contributed by atoms with van der Waals surface area (Å²) >= 11 is 0. The van der Waals surface area contributed by atoms with Gasteiger partial charge in [-0.15, -0.1) is 0 Å². The van der Waals surface area contributed by atoms with E-state index in [-0.39, 0.29) is 12.5 Å². The first-order chi connectivity index (χ1) is 22.8. The quantitative estimate of drug-likeness (QED) is 0.0357. The molecular weight excluding hydrogens is 598 g/mol. The summed E-state index contributed by atoms with van der Waals surface area (Å²) in [6.07, 6.45) is 25.7. The summed E-state index contributed by atoms with van der Waals surface area (Å²) in [7, 11) is 0. The molecule has 0 aromatic heterocycles. The first-order valence-electron chi connectivity index (χ1n) is 19.4. The Morgan fingerprint density at radius 3 is 1.62 bits per heavy atom. The van der Waals surface area contributed by atoms with Crippen LogP contribution in [0.3, 0.4) is 0 Å². The van der Waals surface area contributed by atoms with Gasteiger partial charge in [0, 0.05) is 6.42 Å². The SMILES string of the molecule is CCCCCCCCCCCCCCCCCCCCCCC/C=C/C(O)C(COC1OC(CO)C(O)C(O)C1O)NC(=O)CCC. The summed E-state index contributed by atoms with van der Waals surface area (Å²) in [5.41, 5.74) is 0. The molecule has 0 aromatic carbocycles. The maximum atomic E-state index is 12.3. The number of hydrogen-bond acceptors (Lipinski definition) is 8. The molecule has 0 spiro atoms. The molecule has 1 aliphatic rings. The lowest BCUT2D eigenvalue weighted by Crippen LogP contribution is -2.60. The molecule has 7 unspecified atom stereocenters. The second-order valence-corrected chi connectivity index (χ2v) is 13.7. The van der Waals surface area contributed by atoms with Crippen molar-refractivity contribution in [2.75, 3.05) is 13.2 Å². The van der Waals surface area contributed by atoms with Crippen molar-refractivity contribution in [3.63, 3.8) is 0 Å². The van der Waals surface area contributed by atoms with E-state index in [2.05, 4.69) is 12.2 Å². The minimum atomic E-state index is -1.56. The standard InChI is InChI=1S/C38H73NO8/c1-3-5-6-7-8-9-10-11-12-13-14-15-16-17-18-19-20-21-22-23-24-25-26-28-32(41)31(39-34(42)27-4-2)30-46-38-37(45)36(44)35(43)33(29-40)47-38/h26,28,31-33,35-38,40-41,43-45H,3-25,27,29-30H2,1-2H3,(H,39,42)/b28-26+. The number of hydrogen-bond donors (Lipinski definition) is 6. The molecule has 1 aliphatic heterocycles. The molecule has 47 heavy (non-hydrogen) atoms. The molecular formula is C38H73NO8. The number of amides is 1. The molecule has 0 aliphatic carbocycles. The molecule has 1 fully saturated rings. The second-order valence-electron chi connectivity index (χ2n) is 13.7. The highest BCUT2D eigenvalue weighted by molar-refractivity contribution is 5.76. The zero-order valence-corrected chi connectivity index (χ0v) is 30.0. The molecule has 6 N–H and O–H groups in total. The van der Waals surface area contributed by atoms with Crippen molar-refractivity contribution in [2.45, 2.75) is 211 Å². The summed E-state index contributed by atoms with van der Waals surface area (Å²) in [6, 6.07) is -0.794. The Bertz CT molecular complexity index is 751. The average Bonchev–Trinajstić information content (AvgIpc) is 3.06. The van der Waals surface area contributed by atoms with Crippen molar-refractivity contribution in [3.8, 4) is 0 Å². The van der Waals surface area contributed by atoms with Crippen molar-refractivity contribution in [1.29, 1.82) is 0 Å². The smallest absolute Gasteiger partial charge is 0.220 e. The highest BCUT2D eigenvalue weighted by atomic mass is 16.7. The van der Waals surface area contributed by atoms with Gasteiger partial charge in [0.05, 0.1) is 25.4 Å². The number of aliphatic hydroxyl groups is 5. The zero-order chi connectivity index (χ0) is 34.5. The van der Waals surface area contributed by atoms with Crippen LogP contribution in [0.1, 0.15) is 168 Å². The van der Waals surface area contributed by atoms with Crippen LogP contribution in [0.15, 0.2) is 12.2 Å². The lowest BCUT2D eigenvalue weighted by Gasteiger charge is -2.40. The lowest BCUT2D eigenvalue weighted by molar-refractivity contribution is -0.302. The minimum absolute atomic E-state index is 0.191. The molecule has 1 rings (SSSR count). The van der Waals surface area contributed by atoms with Crippen molar-refractivity contribution in [3.05, 3.63) is 12.2 Å². The van der Waals surface area contributed by atoms with Crippen LogP contribution in [-0.2, 0) is 14.3 Å². The summed E-state index contributed by atoms with van der Waals surface area (Å²) in [6.45, 7) is 3.41. The van der Waals surface area contributed by atoms with Gasteiger partial charge in [0.25, 0.3) is 0 Å². The number of allylic oxidation sites excluding steroid dienone is 1. The monoisotopic (exact) mass is 672 g/mol. The molecule has 1 heterocycles. The third kappa shape index (κ3) is 21.6. The van der Waals surface area contributed by atoms with E-state index in [4.69, 9.17) is 9.47 Å². The molecule has 1 saturated heterocycles. The maximum absolute atomic E-state index is 12.3. The third-order valence-corrected chi connectivity index (χ3v) is 9.33. The number of rotatable bonds is 31. The topological polar surface area (TPSA) is 149 Å². The molecule has 9 heteroatoms. The fraction of sp³-hybridized carbons (Fsp3) is 0.921. The number of unbranched alkanes of at least 4 members (excludes halogenated alkanes) is 21. The fourth-order valence-electron chi connectivity index (χ4n) is 6.20. The molecule has 7 atom stereocenters. The highest BCUT2D eigenvalue weighted by Crippen LogP contribution is 2.22. The molecule has 0 aromatic rings. The Labute approximate surface area is 286 Å². The van der Waals surface area contributed by atoms with Crippen LogP contribution in [0.2, 0.25) is 0 Å². The molecule has 0 bridgehead atoms. The molecule has 0 saturated carbocycles. The van der Waals surface area contributed by atoms with Crippen LogP contribution in [0, 0.1) is 0 Å². The first kappa shape index (κ1) is 44.0. The molecule has 9 nitrogen and oxygen atoms in total. The number of carbonyl (C=O) groups excluding carboxylic acids is 1. The maximum Gasteiger partial charge on any atom is 0.220 e. The largest absolute Gasteiger partial charge is 0.394 e. The van der Waals surface area contributed by atoms with Gasteiger partial charge in [-0.2, -0.15) is 0 Å². The summed E-state index contributed by atoms with van der Waals surface area (Å²) in [5, 5.41) is 53.1. The van der Waals surface area contributed by atoms with Crippen LogP contribution in [0.4, 0.5) is 0 Å². The minimum Gasteiger partial charge on any atom is -0.394 e. The van der Waals surface area contributed by atoms with Gasteiger partial charge >= 0.3 is 0 Å². The molecule has 1 amide bonds. The Morgan fingerprint density at radius 2 is 1.17 bits per heavy atom. The van der Waals surface area contributed by atoms with Crippen LogP contribution in [0.25, 0.3) is 0 Å². The predicted octanol–water partition coefficient (Wildman–Crippen LogP) is 6.61. The second kappa shape index (κ2) is 29.8. The van der Waals surface area contributed by atoms with Crippen molar-refractivity contribution >= 4 is 5.91 Å². The number of carbonyl (C=O) groups is 1. The van der Waals surface area contributed by atoms with E-state index in [1.807, 2.05) is 13.0 Å². The average molecular weight is 672 g/mol. The van der Waals surface area contributed by atoms with E-state index in [1.165, 1.54) is 122 Å². The number of aliphatic hydroxyl groups excluding tert-OH is 5. The van der Waals surface area contributed by atoms with Gasteiger partial charge < -0.3 is 40.3 Å². The molecule has 278 valence electrons. The van der Waals surface area contributed by atoms with Gasteiger partial charge in [0.2, 0.25) is 5.91 Å². The Morgan fingerprint density at radius 1 is 0.702 bits per heavy atom. The van der Waals surface area contributed by atoms with Crippen molar-refractivity contribution in [2.24, 2.45) is 0 Å². The fourth-order valence-corrected chi connectivity index (χ4v) is 6.20. The van der Waals surface area contributed by atoms with Gasteiger partial charge in [-0.3, -0.25) is 4.79 Å². The van der Waals surface area contributed by atoms with Gasteiger partial charge in [-0.05, 0) is 19.3 Å². The van der Waals surface area contributed by atoms with E-state index in [0.29, 0.717) is 12.8 Å². The third-order valence-electron chi connectivity index (χ3n) is 9.33. The van der Waals surface area contributed by atoms with Gasteiger partial charge in [0.15, 0.2) is 6.29 Å². The first-order valence-corrected chi connectivity index (χ1v) is 19.4. The highest BCUT2D eigenvalue weighted by Gasteiger charge is 2.44. The summed E-state index contributed by atoms with van der Waals surface area (Å²) < 4.78 is 11.0. The normalized spacial score (nSPS) is 22.9. The van der Waals surface area contributed by atoms with Crippen molar-refractivity contribution < 1.29 is 39.8 Å². The van der Waals surface area contributed by atoms with Gasteiger partial charge in [-0.25, -0.2) is 0 Å². The van der Waals surface area contributed by atoms with Gasteiger partial charge in [-0.1, -0.05) is 154 Å². The Kier molecular flexibility index (Phi) is 27.9. The number of ether oxygens (including phenoxy) is 2. The Hall–Kier alpha value is -1.07.